The zero-order valence-corrected chi connectivity index (χ0v) is 10.3. The van der Waals surface area contributed by atoms with E-state index in [-0.39, 0.29) is 0 Å². The number of nitrogens with zero attached hydrogens (tertiary/aromatic N) is 1. The minimum atomic E-state index is -0.490. The first-order valence-corrected chi connectivity index (χ1v) is 5.67. The van der Waals surface area contributed by atoms with Gasteiger partial charge in [-0.3, -0.25) is 5.32 Å². The predicted molar refractivity (Wildman–Crippen MR) is 66.3 cm³/mol. The van der Waals surface area contributed by atoms with Crippen molar-refractivity contribution in [1.29, 1.82) is 0 Å². The monoisotopic (exact) mass is 235 g/mol. The molecule has 0 aliphatic carbocycles. The van der Waals surface area contributed by atoms with Gasteiger partial charge in [-0.2, -0.15) is 0 Å². The number of anilines is 2. The standard InChI is InChI=1S/C12H17N3O2/c1-12(2,3)17-11(16)15-9-6-8-4-5-13-10(8)14-7-9/h6-7H,4-5H2,1-3H3,(H,13,14)(H,15,16). The van der Waals surface area contributed by atoms with Crippen LogP contribution in [0, 0.1) is 0 Å². The second-order valence-electron chi connectivity index (χ2n) is 5.04. The first-order chi connectivity index (χ1) is 7.94. The molecule has 0 saturated heterocycles. The van der Waals surface area contributed by atoms with Crippen molar-refractivity contribution >= 4 is 17.6 Å². The Morgan fingerprint density at radius 3 is 3.00 bits per heavy atom. The molecule has 0 fully saturated rings. The largest absolute Gasteiger partial charge is 0.444 e. The summed E-state index contributed by atoms with van der Waals surface area (Å²) in [5.41, 5.74) is 1.30. The third-order valence-electron chi connectivity index (χ3n) is 2.30. The van der Waals surface area contributed by atoms with Gasteiger partial charge in [-0.15, -0.1) is 0 Å². The lowest BCUT2D eigenvalue weighted by molar-refractivity contribution is 0.0636. The average Bonchev–Trinajstić information content (AvgIpc) is 2.61. The van der Waals surface area contributed by atoms with Gasteiger partial charge >= 0.3 is 6.09 Å². The number of hydrogen-bond donors (Lipinski definition) is 2. The molecule has 0 bridgehead atoms. The zero-order valence-electron chi connectivity index (χ0n) is 10.3. The molecule has 1 amide bonds. The van der Waals surface area contributed by atoms with Crippen LogP contribution >= 0.6 is 0 Å². The summed E-state index contributed by atoms with van der Waals surface area (Å²) in [4.78, 5) is 15.8. The van der Waals surface area contributed by atoms with E-state index >= 15 is 0 Å². The smallest absolute Gasteiger partial charge is 0.412 e. The van der Waals surface area contributed by atoms with Crippen LogP contribution in [0.5, 0.6) is 0 Å². The molecule has 2 N–H and O–H groups in total. The molecule has 5 heteroatoms. The number of amides is 1. The predicted octanol–water partition coefficient (Wildman–Crippen LogP) is 2.40. The van der Waals surface area contributed by atoms with Gasteiger partial charge < -0.3 is 10.1 Å². The molecule has 1 aliphatic rings. The normalized spacial score (nSPS) is 13.8. The van der Waals surface area contributed by atoms with Gasteiger partial charge in [0.25, 0.3) is 0 Å². The van der Waals surface area contributed by atoms with Crippen LogP contribution < -0.4 is 10.6 Å². The van der Waals surface area contributed by atoms with Crippen molar-refractivity contribution in [2.45, 2.75) is 32.8 Å². The van der Waals surface area contributed by atoms with Gasteiger partial charge in [0.1, 0.15) is 11.4 Å². The highest BCUT2D eigenvalue weighted by molar-refractivity contribution is 5.85. The summed E-state index contributed by atoms with van der Waals surface area (Å²) in [5, 5.41) is 5.84. The van der Waals surface area contributed by atoms with Crippen LogP contribution in [0.3, 0.4) is 0 Å². The van der Waals surface area contributed by atoms with E-state index in [2.05, 4.69) is 15.6 Å². The van der Waals surface area contributed by atoms with Crippen LogP contribution in [0.15, 0.2) is 12.3 Å². The van der Waals surface area contributed by atoms with Gasteiger partial charge in [0.15, 0.2) is 0 Å². The number of aromatic nitrogens is 1. The fourth-order valence-corrected chi connectivity index (χ4v) is 1.67. The van der Waals surface area contributed by atoms with E-state index < -0.39 is 11.7 Å². The van der Waals surface area contributed by atoms with Gasteiger partial charge in [-0.1, -0.05) is 0 Å². The Hall–Kier alpha value is -1.78. The minimum Gasteiger partial charge on any atom is -0.444 e. The molecular weight excluding hydrogens is 218 g/mol. The maximum absolute atomic E-state index is 11.6. The van der Waals surface area contributed by atoms with Crippen molar-refractivity contribution in [1.82, 2.24) is 4.98 Å². The lowest BCUT2D eigenvalue weighted by atomic mass is 10.2. The topological polar surface area (TPSA) is 63.2 Å². The maximum Gasteiger partial charge on any atom is 0.412 e. The van der Waals surface area contributed by atoms with Gasteiger partial charge in [-0.25, -0.2) is 9.78 Å². The van der Waals surface area contributed by atoms with Crippen molar-refractivity contribution in [3.8, 4) is 0 Å². The van der Waals surface area contributed by atoms with E-state index in [0.29, 0.717) is 5.69 Å². The number of fused-ring (bicyclic) bond motifs is 1. The van der Waals surface area contributed by atoms with Crippen molar-refractivity contribution in [3.63, 3.8) is 0 Å². The highest BCUT2D eigenvalue weighted by Crippen LogP contribution is 2.22. The molecule has 2 heterocycles. The molecular formula is C12H17N3O2. The first-order valence-electron chi connectivity index (χ1n) is 5.67. The number of rotatable bonds is 1. The van der Waals surface area contributed by atoms with Crippen molar-refractivity contribution in [2.75, 3.05) is 17.2 Å². The number of nitrogens with one attached hydrogen (secondary N) is 2. The Morgan fingerprint density at radius 1 is 1.53 bits per heavy atom. The molecule has 0 atom stereocenters. The fraction of sp³-hybridized carbons (Fsp3) is 0.500. The van der Waals surface area contributed by atoms with E-state index in [1.807, 2.05) is 26.8 Å². The Kier molecular flexibility index (Phi) is 2.92. The van der Waals surface area contributed by atoms with Crippen LogP contribution in [0.1, 0.15) is 26.3 Å². The lowest BCUT2D eigenvalue weighted by Crippen LogP contribution is -2.27. The number of hydrogen-bond acceptors (Lipinski definition) is 4. The van der Waals surface area contributed by atoms with Crippen molar-refractivity contribution in [2.24, 2.45) is 0 Å². The quantitative estimate of drug-likeness (QED) is 0.784. The van der Waals surface area contributed by atoms with E-state index in [1.54, 1.807) is 6.20 Å². The van der Waals surface area contributed by atoms with Crippen LogP contribution in [0.4, 0.5) is 16.3 Å². The Morgan fingerprint density at radius 2 is 2.29 bits per heavy atom. The van der Waals surface area contributed by atoms with E-state index in [1.165, 1.54) is 0 Å². The van der Waals surface area contributed by atoms with E-state index in [4.69, 9.17) is 4.74 Å². The zero-order chi connectivity index (χ0) is 12.5. The van der Waals surface area contributed by atoms with Crippen LogP contribution in [-0.4, -0.2) is 23.2 Å². The minimum absolute atomic E-state index is 0.454. The van der Waals surface area contributed by atoms with Crippen LogP contribution in [0.25, 0.3) is 0 Å². The molecule has 1 aromatic rings. The number of carbonyl (C=O) groups is 1. The molecule has 0 aromatic carbocycles. The molecule has 0 saturated carbocycles. The third kappa shape index (κ3) is 3.09. The molecule has 1 aromatic heterocycles. The molecule has 17 heavy (non-hydrogen) atoms. The summed E-state index contributed by atoms with van der Waals surface area (Å²) in [7, 11) is 0. The van der Waals surface area contributed by atoms with E-state index in [0.717, 1.165) is 24.3 Å². The fourth-order valence-electron chi connectivity index (χ4n) is 1.67. The SMILES string of the molecule is CC(C)(C)OC(=O)Nc1cnc2c(c1)CCN2. The summed E-state index contributed by atoms with van der Waals surface area (Å²) in [6, 6.07) is 1.92. The summed E-state index contributed by atoms with van der Waals surface area (Å²) in [6.07, 6.45) is 2.11. The second-order valence-corrected chi connectivity index (χ2v) is 5.04. The molecule has 0 radical (unpaired) electrons. The van der Waals surface area contributed by atoms with Crippen molar-refractivity contribution < 1.29 is 9.53 Å². The molecule has 92 valence electrons. The number of pyridine rings is 1. The number of ether oxygens (including phenoxy) is 1. The van der Waals surface area contributed by atoms with Crippen LogP contribution in [-0.2, 0) is 11.2 Å². The highest BCUT2D eigenvalue weighted by atomic mass is 16.6. The van der Waals surface area contributed by atoms with Crippen molar-refractivity contribution in [3.05, 3.63) is 17.8 Å². The second kappa shape index (κ2) is 4.24. The first kappa shape index (κ1) is 11.7. The molecule has 0 unspecified atom stereocenters. The summed E-state index contributed by atoms with van der Waals surface area (Å²) >= 11 is 0. The van der Waals surface area contributed by atoms with Gasteiger partial charge in [0, 0.05) is 6.54 Å². The Balaban J connectivity index is 2.02. The highest BCUT2D eigenvalue weighted by Gasteiger charge is 2.17. The number of carbonyl (C=O) groups excluding carboxylic acids is 1. The van der Waals surface area contributed by atoms with Crippen LogP contribution in [0.2, 0.25) is 0 Å². The van der Waals surface area contributed by atoms with E-state index in [9.17, 15) is 4.79 Å². The molecule has 1 aliphatic heterocycles. The van der Waals surface area contributed by atoms with Gasteiger partial charge in [-0.05, 0) is 38.8 Å². The molecule has 2 rings (SSSR count). The van der Waals surface area contributed by atoms with Gasteiger partial charge in [0.05, 0.1) is 11.9 Å². The Bertz CT molecular complexity index is 438. The average molecular weight is 235 g/mol. The third-order valence-corrected chi connectivity index (χ3v) is 2.30. The summed E-state index contributed by atoms with van der Waals surface area (Å²) in [6.45, 7) is 6.39. The lowest BCUT2D eigenvalue weighted by Gasteiger charge is -2.19. The summed E-state index contributed by atoms with van der Waals surface area (Å²) in [5.74, 6) is 0.903. The maximum atomic E-state index is 11.6. The summed E-state index contributed by atoms with van der Waals surface area (Å²) < 4.78 is 5.17. The molecule has 0 spiro atoms. The Labute approximate surface area is 101 Å². The van der Waals surface area contributed by atoms with Gasteiger partial charge in [0.2, 0.25) is 0 Å². The molecule has 5 nitrogen and oxygen atoms in total.